The Morgan fingerprint density at radius 3 is 2.64 bits per heavy atom. The standard InChI is InChI=1S/C15H16ClN3O2S/c1-5-12(7-6-10(2)3)22(20,21)19-15-14(11(4)18-19)13(16)8-9-17-15/h5-9H,1H2,2-4H3/b12-7+. The van der Waals surface area contributed by atoms with E-state index in [1.807, 2.05) is 13.8 Å². The van der Waals surface area contributed by atoms with Crippen molar-refractivity contribution >= 4 is 32.7 Å². The highest BCUT2D eigenvalue weighted by Crippen LogP contribution is 2.27. The van der Waals surface area contributed by atoms with Gasteiger partial charge in [0.2, 0.25) is 0 Å². The topological polar surface area (TPSA) is 64.8 Å². The minimum absolute atomic E-state index is 0.0416. The smallest absolute Gasteiger partial charge is 0.236 e. The van der Waals surface area contributed by atoms with Crippen molar-refractivity contribution in [1.82, 2.24) is 14.2 Å². The fourth-order valence-corrected chi connectivity index (χ4v) is 3.44. The molecule has 2 aromatic rings. The average molecular weight is 338 g/mol. The Balaban J connectivity index is 2.75. The van der Waals surface area contributed by atoms with E-state index in [1.165, 1.54) is 18.3 Å². The zero-order chi connectivity index (χ0) is 16.5. The summed E-state index contributed by atoms with van der Waals surface area (Å²) in [7, 11) is -3.89. The van der Waals surface area contributed by atoms with E-state index in [1.54, 1.807) is 19.1 Å². The Hall–Kier alpha value is -1.92. The van der Waals surface area contributed by atoms with Gasteiger partial charge in [0.15, 0.2) is 5.65 Å². The lowest BCUT2D eigenvalue weighted by Crippen LogP contribution is -2.16. The second-order valence-electron chi connectivity index (χ2n) is 4.94. The maximum absolute atomic E-state index is 12.8. The van der Waals surface area contributed by atoms with Crippen LogP contribution in [0.25, 0.3) is 11.0 Å². The second-order valence-corrected chi connectivity index (χ2v) is 7.12. The number of hydrogen-bond acceptors (Lipinski definition) is 4. The van der Waals surface area contributed by atoms with Crippen LogP contribution in [-0.4, -0.2) is 22.6 Å². The quantitative estimate of drug-likeness (QED) is 0.799. The van der Waals surface area contributed by atoms with E-state index in [0.717, 1.165) is 9.66 Å². The molecule has 0 fully saturated rings. The molecule has 0 saturated heterocycles. The first kappa shape index (κ1) is 16.5. The van der Waals surface area contributed by atoms with Crippen LogP contribution in [-0.2, 0) is 10.0 Å². The van der Waals surface area contributed by atoms with Gasteiger partial charge in [0.05, 0.1) is 21.0 Å². The third-order valence-electron chi connectivity index (χ3n) is 2.97. The van der Waals surface area contributed by atoms with Crippen LogP contribution in [0.3, 0.4) is 0 Å². The molecule has 0 aromatic carbocycles. The van der Waals surface area contributed by atoms with Crippen molar-refractivity contribution < 1.29 is 8.42 Å². The van der Waals surface area contributed by atoms with Crippen molar-refractivity contribution in [2.24, 2.45) is 0 Å². The Labute approximate surface area is 134 Å². The summed E-state index contributed by atoms with van der Waals surface area (Å²) < 4.78 is 26.4. The van der Waals surface area contributed by atoms with Gasteiger partial charge in [0, 0.05) is 6.20 Å². The van der Waals surface area contributed by atoms with E-state index in [9.17, 15) is 8.42 Å². The summed E-state index contributed by atoms with van der Waals surface area (Å²) in [4.78, 5) is 4.14. The number of rotatable bonds is 4. The first-order valence-electron chi connectivity index (χ1n) is 6.52. The van der Waals surface area contributed by atoms with Crippen molar-refractivity contribution in [3.8, 4) is 0 Å². The number of allylic oxidation sites excluding steroid dienone is 4. The highest BCUT2D eigenvalue weighted by molar-refractivity contribution is 7.94. The Morgan fingerprint density at radius 1 is 1.36 bits per heavy atom. The molecule has 0 aliphatic rings. The van der Waals surface area contributed by atoms with Gasteiger partial charge in [-0.25, -0.2) is 4.98 Å². The summed E-state index contributed by atoms with van der Waals surface area (Å²) >= 11 is 6.11. The molecule has 0 saturated carbocycles. The van der Waals surface area contributed by atoms with Gasteiger partial charge in [-0.3, -0.25) is 0 Å². The Kier molecular flexibility index (Phi) is 4.53. The Bertz CT molecular complexity index is 904. The summed E-state index contributed by atoms with van der Waals surface area (Å²) in [6, 6.07) is 1.60. The molecule has 0 aliphatic carbocycles. The molecule has 2 heterocycles. The minimum atomic E-state index is -3.89. The predicted octanol–water partition coefficient (Wildman–Crippen LogP) is 3.61. The fourth-order valence-electron chi connectivity index (χ4n) is 1.92. The average Bonchev–Trinajstić information content (AvgIpc) is 2.78. The summed E-state index contributed by atoms with van der Waals surface area (Å²) in [6.45, 7) is 9.01. The van der Waals surface area contributed by atoms with Crippen molar-refractivity contribution in [1.29, 1.82) is 0 Å². The van der Waals surface area contributed by atoms with Gasteiger partial charge < -0.3 is 0 Å². The number of aryl methyl sites for hydroxylation is 1. The molecule has 0 unspecified atom stereocenters. The summed E-state index contributed by atoms with van der Waals surface area (Å²) in [5.41, 5.74) is 1.68. The van der Waals surface area contributed by atoms with Gasteiger partial charge in [-0.2, -0.15) is 13.5 Å². The predicted molar refractivity (Wildman–Crippen MR) is 89.3 cm³/mol. The van der Waals surface area contributed by atoms with Crippen LogP contribution in [0.5, 0.6) is 0 Å². The molecule has 0 bridgehead atoms. The van der Waals surface area contributed by atoms with E-state index >= 15 is 0 Å². The first-order valence-corrected chi connectivity index (χ1v) is 8.34. The van der Waals surface area contributed by atoms with Crippen LogP contribution in [0, 0.1) is 6.92 Å². The molecule has 2 aromatic heterocycles. The van der Waals surface area contributed by atoms with Crippen molar-refractivity contribution in [3.63, 3.8) is 0 Å². The molecule has 0 radical (unpaired) electrons. The highest BCUT2D eigenvalue weighted by Gasteiger charge is 2.24. The number of nitrogens with zero attached hydrogens (tertiary/aromatic N) is 3. The monoisotopic (exact) mass is 337 g/mol. The van der Waals surface area contributed by atoms with Crippen LogP contribution in [0.15, 0.2) is 47.5 Å². The SMILES string of the molecule is C=C/C(=C\C=C(C)C)S(=O)(=O)n1nc(C)c2c(Cl)ccnc21. The second kappa shape index (κ2) is 6.06. The zero-order valence-corrected chi connectivity index (χ0v) is 14.1. The van der Waals surface area contributed by atoms with E-state index < -0.39 is 10.0 Å². The third kappa shape index (κ3) is 2.84. The first-order chi connectivity index (χ1) is 10.3. The molecule has 116 valence electrons. The molecule has 7 heteroatoms. The lowest BCUT2D eigenvalue weighted by atomic mass is 10.3. The maximum Gasteiger partial charge on any atom is 0.284 e. The molecule has 0 N–H and O–H groups in total. The lowest BCUT2D eigenvalue weighted by Gasteiger charge is -2.05. The van der Waals surface area contributed by atoms with Crippen LogP contribution >= 0.6 is 11.6 Å². The van der Waals surface area contributed by atoms with Crippen LogP contribution in [0.1, 0.15) is 19.5 Å². The third-order valence-corrected chi connectivity index (χ3v) is 4.89. The van der Waals surface area contributed by atoms with Crippen LogP contribution in [0.2, 0.25) is 5.02 Å². The van der Waals surface area contributed by atoms with Gasteiger partial charge >= 0.3 is 0 Å². The maximum atomic E-state index is 12.8. The van der Waals surface area contributed by atoms with Gasteiger partial charge in [-0.1, -0.05) is 29.8 Å². The molecule has 22 heavy (non-hydrogen) atoms. The van der Waals surface area contributed by atoms with E-state index in [2.05, 4.69) is 16.7 Å². The van der Waals surface area contributed by atoms with Crippen LogP contribution in [0.4, 0.5) is 0 Å². The van der Waals surface area contributed by atoms with E-state index in [-0.39, 0.29) is 10.6 Å². The van der Waals surface area contributed by atoms with E-state index in [0.29, 0.717) is 16.1 Å². The molecule has 0 spiro atoms. The van der Waals surface area contributed by atoms with Crippen LogP contribution < -0.4 is 0 Å². The van der Waals surface area contributed by atoms with Gasteiger partial charge in [-0.15, -0.1) is 4.09 Å². The number of fused-ring (bicyclic) bond motifs is 1. The van der Waals surface area contributed by atoms with Gasteiger partial charge in [0.25, 0.3) is 10.0 Å². The summed E-state index contributed by atoms with van der Waals surface area (Å²) in [6.07, 6.45) is 5.92. The number of aromatic nitrogens is 3. The van der Waals surface area contributed by atoms with Crippen molar-refractivity contribution in [3.05, 3.63) is 58.3 Å². The molecule has 0 atom stereocenters. The summed E-state index contributed by atoms with van der Waals surface area (Å²) in [5, 5.41) is 5.03. The number of halogens is 1. The van der Waals surface area contributed by atoms with Crippen molar-refractivity contribution in [2.75, 3.05) is 0 Å². The summed E-state index contributed by atoms with van der Waals surface area (Å²) in [5.74, 6) is 0. The Morgan fingerprint density at radius 2 is 2.05 bits per heavy atom. The number of hydrogen-bond donors (Lipinski definition) is 0. The minimum Gasteiger partial charge on any atom is -0.236 e. The molecule has 0 amide bonds. The highest BCUT2D eigenvalue weighted by atomic mass is 35.5. The van der Waals surface area contributed by atoms with Gasteiger partial charge in [0.1, 0.15) is 0 Å². The molecular formula is C15H16ClN3O2S. The molecule has 5 nitrogen and oxygen atoms in total. The fraction of sp³-hybridized carbons (Fsp3) is 0.200. The molecule has 0 aliphatic heterocycles. The van der Waals surface area contributed by atoms with Gasteiger partial charge in [-0.05, 0) is 39.0 Å². The number of pyridine rings is 1. The molecule has 2 rings (SSSR count). The lowest BCUT2D eigenvalue weighted by molar-refractivity contribution is 0.588. The molecular weight excluding hydrogens is 322 g/mol. The zero-order valence-electron chi connectivity index (χ0n) is 12.5. The largest absolute Gasteiger partial charge is 0.284 e. The van der Waals surface area contributed by atoms with E-state index in [4.69, 9.17) is 11.6 Å². The van der Waals surface area contributed by atoms with Crippen molar-refractivity contribution in [2.45, 2.75) is 20.8 Å². The normalized spacial score (nSPS) is 12.5.